The van der Waals surface area contributed by atoms with Crippen molar-refractivity contribution in [3.05, 3.63) is 28.8 Å². The largest absolute Gasteiger partial charge is 0.482 e. The molecular formula is C16H25ClN2O2. The van der Waals surface area contributed by atoms with Crippen molar-refractivity contribution < 1.29 is 9.53 Å². The Morgan fingerprint density at radius 1 is 1.29 bits per heavy atom. The molecule has 0 aliphatic heterocycles. The van der Waals surface area contributed by atoms with E-state index < -0.39 is 0 Å². The first kappa shape index (κ1) is 17.8. The van der Waals surface area contributed by atoms with Crippen molar-refractivity contribution >= 4 is 17.5 Å². The number of rotatable bonds is 8. The van der Waals surface area contributed by atoms with Gasteiger partial charge in [-0.2, -0.15) is 0 Å². The molecule has 0 bridgehead atoms. The molecule has 4 nitrogen and oxygen atoms in total. The van der Waals surface area contributed by atoms with Crippen LogP contribution < -0.4 is 15.4 Å². The molecule has 0 heterocycles. The molecule has 0 aliphatic rings. The van der Waals surface area contributed by atoms with Gasteiger partial charge in [-0.15, -0.1) is 0 Å². The maximum atomic E-state index is 11.7. The van der Waals surface area contributed by atoms with E-state index in [1.165, 1.54) is 0 Å². The summed E-state index contributed by atoms with van der Waals surface area (Å²) in [6.45, 7) is 9.52. The van der Waals surface area contributed by atoms with Crippen molar-refractivity contribution in [3.8, 4) is 5.75 Å². The smallest absolute Gasteiger partial charge is 0.257 e. The standard InChI is InChI=1S/C16H25ClN2O2/c1-11(2)8-19-15(20)10-21-16-13(9-18-12(3)4)6-5-7-14(16)17/h5-7,11-12,18H,8-10H2,1-4H3,(H,19,20). The zero-order chi connectivity index (χ0) is 15.8. The predicted molar refractivity (Wildman–Crippen MR) is 86.8 cm³/mol. The second-order valence-corrected chi connectivity index (χ2v) is 6.16. The first-order valence-corrected chi connectivity index (χ1v) is 7.68. The summed E-state index contributed by atoms with van der Waals surface area (Å²) in [5.41, 5.74) is 0.952. The summed E-state index contributed by atoms with van der Waals surface area (Å²) in [5, 5.41) is 6.66. The third-order valence-corrected chi connectivity index (χ3v) is 3.10. The highest BCUT2D eigenvalue weighted by Crippen LogP contribution is 2.28. The van der Waals surface area contributed by atoms with Crippen LogP contribution in [0.25, 0.3) is 0 Å². The molecule has 0 fully saturated rings. The van der Waals surface area contributed by atoms with E-state index in [-0.39, 0.29) is 12.5 Å². The van der Waals surface area contributed by atoms with Crippen molar-refractivity contribution in [2.75, 3.05) is 13.2 Å². The summed E-state index contributed by atoms with van der Waals surface area (Å²) in [5.74, 6) is 0.860. The van der Waals surface area contributed by atoms with Crippen molar-refractivity contribution in [3.63, 3.8) is 0 Å². The Bertz CT molecular complexity index is 462. The molecule has 1 aromatic rings. The fourth-order valence-electron chi connectivity index (χ4n) is 1.68. The lowest BCUT2D eigenvalue weighted by atomic mass is 10.2. The Morgan fingerprint density at radius 3 is 2.62 bits per heavy atom. The van der Waals surface area contributed by atoms with Crippen molar-refractivity contribution in [2.45, 2.75) is 40.3 Å². The van der Waals surface area contributed by atoms with Crippen LogP contribution in [-0.2, 0) is 11.3 Å². The fourth-order valence-corrected chi connectivity index (χ4v) is 1.92. The Balaban J connectivity index is 2.62. The van der Waals surface area contributed by atoms with Gasteiger partial charge in [0.15, 0.2) is 6.61 Å². The number of halogens is 1. The van der Waals surface area contributed by atoms with Crippen LogP contribution in [0.15, 0.2) is 18.2 Å². The van der Waals surface area contributed by atoms with Crippen LogP contribution in [0.5, 0.6) is 5.75 Å². The van der Waals surface area contributed by atoms with E-state index in [1.807, 2.05) is 26.0 Å². The lowest BCUT2D eigenvalue weighted by Gasteiger charge is -2.15. The van der Waals surface area contributed by atoms with Crippen LogP contribution >= 0.6 is 11.6 Å². The average molecular weight is 313 g/mol. The second kappa shape index (κ2) is 8.90. The number of hydrogen-bond acceptors (Lipinski definition) is 3. The van der Waals surface area contributed by atoms with Crippen LogP contribution in [0.2, 0.25) is 5.02 Å². The maximum Gasteiger partial charge on any atom is 0.257 e. The van der Waals surface area contributed by atoms with Crippen LogP contribution in [0.4, 0.5) is 0 Å². The summed E-state index contributed by atoms with van der Waals surface area (Å²) < 4.78 is 5.61. The zero-order valence-electron chi connectivity index (χ0n) is 13.2. The van der Waals surface area contributed by atoms with Gasteiger partial charge in [0.2, 0.25) is 0 Å². The first-order valence-electron chi connectivity index (χ1n) is 7.30. The van der Waals surface area contributed by atoms with Crippen LogP contribution in [0, 0.1) is 5.92 Å². The molecule has 5 heteroatoms. The fraction of sp³-hybridized carbons (Fsp3) is 0.562. The molecule has 0 atom stereocenters. The highest BCUT2D eigenvalue weighted by Gasteiger charge is 2.11. The molecule has 1 amide bonds. The lowest BCUT2D eigenvalue weighted by Crippen LogP contribution is -2.32. The number of amides is 1. The quantitative estimate of drug-likeness (QED) is 0.776. The molecule has 118 valence electrons. The van der Waals surface area contributed by atoms with Gasteiger partial charge in [0.1, 0.15) is 5.75 Å². The second-order valence-electron chi connectivity index (χ2n) is 5.75. The Morgan fingerprint density at radius 2 is 2.00 bits per heavy atom. The van der Waals surface area contributed by atoms with Crippen molar-refractivity contribution in [1.82, 2.24) is 10.6 Å². The average Bonchev–Trinajstić information content (AvgIpc) is 2.41. The van der Waals surface area contributed by atoms with Crippen LogP contribution in [0.1, 0.15) is 33.3 Å². The number of carbonyl (C=O) groups is 1. The Hall–Kier alpha value is -1.26. The van der Waals surface area contributed by atoms with Gasteiger partial charge in [-0.3, -0.25) is 4.79 Å². The van der Waals surface area contributed by atoms with Crippen molar-refractivity contribution in [1.29, 1.82) is 0 Å². The minimum Gasteiger partial charge on any atom is -0.482 e. The van der Waals surface area contributed by atoms with E-state index in [9.17, 15) is 4.79 Å². The number of hydrogen-bond donors (Lipinski definition) is 2. The summed E-state index contributed by atoms with van der Waals surface area (Å²) >= 11 is 6.17. The topological polar surface area (TPSA) is 50.4 Å². The Kier molecular flexibility index (Phi) is 7.54. The normalized spacial score (nSPS) is 11.0. The summed E-state index contributed by atoms with van der Waals surface area (Å²) in [4.78, 5) is 11.7. The highest BCUT2D eigenvalue weighted by atomic mass is 35.5. The number of carbonyl (C=O) groups excluding carboxylic acids is 1. The molecule has 1 aromatic carbocycles. The molecule has 21 heavy (non-hydrogen) atoms. The zero-order valence-corrected chi connectivity index (χ0v) is 14.0. The third-order valence-electron chi connectivity index (χ3n) is 2.80. The van der Waals surface area contributed by atoms with Gasteiger partial charge >= 0.3 is 0 Å². The van der Waals surface area contributed by atoms with Gasteiger partial charge in [0.05, 0.1) is 5.02 Å². The predicted octanol–water partition coefficient (Wildman–Crippen LogP) is 2.99. The number of para-hydroxylation sites is 1. The highest BCUT2D eigenvalue weighted by molar-refractivity contribution is 6.32. The molecular weight excluding hydrogens is 288 g/mol. The molecule has 0 aromatic heterocycles. The van der Waals surface area contributed by atoms with Gasteiger partial charge in [-0.05, 0) is 12.0 Å². The molecule has 1 rings (SSSR count). The van der Waals surface area contributed by atoms with E-state index in [1.54, 1.807) is 6.07 Å². The number of ether oxygens (including phenoxy) is 1. The molecule has 0 spiro atoms. The Labute approximate surface area is 132 Å². The van der Waals surface area contributed by atoms with E-state index in [2.05, 4.69) is 24.5 Å². The minimum absolute atomic E-state index is 0.0227. The molecule has 0 unspecified atom stereocenters. The summed E-state index contributed by atoms with van der Waals surface area (Å²) in [7, 11) is 0. The molecule has 0 saturated heterocycles. The van der Waals surface area contributed by atoms with E-state index in [4.69, 9.17) is 16.3 Å². The number of benzene rings is 1. The van der Waals surface area contributed by atoms with Gasteiger partial charge < -0.3 is 15.4 Å². The molecule has 0 aliphatic carbocycles. The van der Waals surface area contributed by atoms with E-state index in [0.29, 0.717) is 35.8 Å². The van der Waals surface area contributed by atoms with Gasteiger partial charge in [-0.25, -0.2) is 0 Å². The van der Waals surface area contributed by atoms with Gasteiger partial charge in [0, 0.05) is 24.7 Å². The van der Waals surface area contributed by atoms with Crippen LogP contribution in [-0.4, -0.2) is 25.1 Å². The third kappa shape index (κ3) is 6.82. The van der Waals surface area contributed by atoms with Gasteiger partial charge in [-0.1, -0.05) is 51.4 Å². The minimum atomic E-state index is -0.133. The maximum absolute atomic E-state index is 11.7. The van der Waals surface area contributed by atoms with Crippen molar-refractivity contribution in [2.24, 2.45) is 5.92 Å². The SMILES string of the molecule is CC(C)CNC(=O)COc1c(Cl)cccc1CNC(C)C. The summed E-state index contributed by atoms with van der Waals surface area (Å²) in [6, 6.07) is 5.96. The lowest BCUT2D eigenvalue weighted by molar-refractivity contribution is -0.123. The van der Waals surface area contributed by atoms with E-state index >= 15 is 0 Å². The molecule has 0 radical (unpaired) electrons. The monoisotopic (exact) mass is 312 g/mol. The molecule has 0 saturated carbocycles. The van der Waals surface area contributed by atoms with Gasteiger partial charge in [0.25, 0.3) is 5.91 Å². The van der Waals surface area contributed by atoms with Crippen LogP contribution in [0.3, 0.4) is 0 Å². The summed E-state index contributed by atoms with van der Waals surface area (Å²) in [6.07, 6.45) is 0. The molecule has 2 N–H and O–H groups in total. The van der Waals surface area contributed by atoms with E-state index in [0.717, 1.165) is 5.56 Å². The first-order chi connectivity index (χ1) is 9.90. The number of nitrogens with one attached hydrogen (secondary N) is 2.